The number of benzene rings is 2. The molecule has 7 heteroatoms. The Morgan fingerprint density at radius 3 is 2.48 bits per heavy atom. The molecule has 0 spiro atoms. The molecule has 23 heavy (non-hydrogen) atoms. The third kappa shape index (κ3) is 4.62. The first kappa shape index (κ1) is 16.6. The van der Waals surface area contributed by atoms with Crippen molar-refractivity contribution in [2.24, 2.45) is 0 Å². The molecule has 1 amide bonds. The lowest BCUT2D eigenvalue weighted by Gasteiger charge is -2.07. The van der Waals surface area contributed by atoms with E-state index >= 15 is 0 Å². The molecule has 0 radical (unpaired) electrons. The molecule has 0 aliphatic rings. The molecule has 0 aliphatic carbocycles. The van der Waals surface area contributed by atoms with Crippen LogP contribution < -0.4 is 5.32 Å². The van der Waals surface area contributed by atoms with Gasteiger partial charge in [0.05, 0.1) is 10.6 Å². The number of ether oxygens (including phenoxy) is 1. The fraction of sp³-hybridized carbons (Fsp3) is 0.0625. The van der Waals surface area contributed by atoms with Gasteiger partial charge in [-0.05, 0) is 30.3 Å². The molecule has 0 atom stereocenters. The molecule has 2 rings (SSSR count). The first-order chi connectivity index (χ1) is 11.0. The van der Waals surface area contributed by atoms with Crippen molar-refractivity contribution in [2.45, 2.75) is 0 Å². The summed E-state index contributed by atoms with van der Waals surface area (Å²) >= 11 is 5.59. The number of carbonyl (C=O) groups is 3. The Morgan fingerprint density at radius 2 is 1.87 bits per heavy atom. The van der Waals surface area contributed by atoms with E-state index in [9.17, 15) is 18.8 Å². The molecule has 0 saturated heterocycles. The minimum atomic E-state index is -0.699. The minimum absolute atomic E-state index is 0.130. The topological polar surface area (TPSA) is 72.5 Å². The van der Waals surface area contributed by atoms with Gasteiger partial charge in [0.25, 0.3) is 5.91 Å². The number of carbonyl (C=O) groups excluding carboxylic acids is 3. The second-order valence-electron chi connectivity index (χ2n) is 4.49. The zero-order valence-corrected chi connectivity index (χ0v) is 12.5. The Balaban J connectivity index is 1.88. The van der Waals surface area contributed by atoms with Crippen LogP contribution in [0.2, 0.25) is 5.02 Å². The highest BCUT2D eigenvalue weighted by Gasteiger charge is 2.11. The van der Waals surface area contributed by atoms with Crippen LogP contribution in [0.25, 0.3) is 0 Å². The number of halogens is 2. The fourth-order valence-electron chi connectivity index (χ4n) is 1.68. The summed E-state index contributed by atoms with van der Waals surface area (Å²) in [5.41, 5.74) is 0.925. The van der Waals surface area contributed by atoms with Crippen molar-refractivity contribution in [1.82, 2.24) is 0 Å². The van der Waals surface area contributed by atoms with E-state index in [1.807, 2.05) is 0 Å². The summed E-state index contributed by atoms with van der Waals surface area (Å²) in [6.07, 6.45) is 0.649. The molecule has 0 bridgehead atoms. The molecular formula is C16H11ClFNO4. The van der Waals surface area contributed by atoms with Crippen LogP contribution in [0.3, 0.4) is 0 Å². The first-order valence-corrected chi connectivity index (χ1v) is 6.84. The molecule has 0 unspecified atom stereocenters. The van der Waals surface area contributed by atoms with E-state index in [1.165, 1.54) is 36.4 Å². The predicted molar refractivity (Wildman–Crippen MR) is 82.2 cm³/mol. The molecule has 1 N–H and O–H groups in total. The lowest BCUT2D eigenvalue weighted by molar-refractivity contribution is -0.119. The summed E-state index contributed by atoms with van der Waals surface area (Å²) in [7, 11) is 0. The SMILES string of the molecule is O=Cc1ccc(C(=O)OCC(=O)Nc2ccc(F)c(Cl)c2)cc1. The number of rotatable bonds is 5. The Hall–Kier alpha value is -2.73. The number of esters is 1. The van der Waals surface area contributed by atoms with E-state index in [0.717, 1.165) is 6.07 Å². The monoisotopic (exact) mass is 335 g/mol. The molecule has 0 heterocycles. The normalized spacial score (nSPS) is 10.0. The summed E-state index contributed by atoms with van der Waals surface area (Å²) in [4.78, 5) is 33.9. The Labute approximate surface area is 136 Å². The molecule has 0 fully saturated rings. The number of nitrogens with one attached hydrogen (secondary N) is 1. The number of amides is 1. The van der Waals surface area contributed by atoms with Crippen molar-refractivity contribution in [3.8, 4) is 0 Å². The van der Waals surface area contributed by atoms with Crippen molar-refractivity contribution in [3.05, 3.63) is 64.4 Å². The Morgan fingerprint density at radius 1 is 1.17 bits per heavy atom. The number of hydrogen-bond acceptors (Lipinski definition) is 4. The second-order valence-corrected chi connectivity index (χ2v) is 4.90. The van der Waals surface area contributed by atoms with Gasteiger partial charge in [0.15, 0.2) is 6.61 Å². The highest BCUT2D eigenvalue weighted by atomic mass is 35.5. The molecule has 2 aromatic rings. The van der Waals surface area contributed by atoms with Crippen molar-refractivity contribution < 1.29 is 23.5 Å². The van der Waals surface area contributed by atoms with Crippen LogP contribution in [-0.2, 0) is 9.53 Å². The van der Waals surface area contributed by atoms with Gasteiger partial charge in [-0.25, -0.2) is 9.18 Å². The standard InChI is InChI=1S/C16H11ClFNO4/c17-13-7-12(5-6-14(13)18)19-15(21)9-23-16(22)11-3-1-10(8-20)2-4-11/h1-8H,9H2,(H,19,21). The zero-order chi connectivity index (χ0) is 16.8. The van der Waals surface area contributed by atoms with Crippen molar-refractivity contribution in [2.75, 3.05) is 11.9 Å². The third-order valence-electron chi connectivity index (χ3n) is 2.82. The van der Waals surface area contributed by atoms with E-state index in [1.54, 1.807) is 0 Å². The largest absolute Gasteiger partial charge is 0.452 e. The molecule has 5 nitrogen and oxygen atoms in total. The average molecular weight is 336 g/mol. The first-order valence-electron chi connectivity index (χ1n) is 6.47. The Bertz CT molecular complexity index is 746. The van der Waals surface area contributed by atoms with Crippen molar-refractivity contribution >= 4 is 35.5 Å². The van der Waals surface area contributed by atoms with E-state index in [2.05, 4.69) is 5.32 Å². The van der Waals surface area contributed by atoms with Crippen LogP contribution in [0, 0.1) is 5.82 Å². The van der Waals surface area contributed by atoms with Gasteiger partial charge in [-0.2, -0.15) is 0 Å². The number of hydrogen-bond donors (Lipinski definition) is 1. The second kappa shape index (κ2) is 7.51. The summed E-state index contributed by atoms with van der Waals surface area (Å²) < 4.78 is 17.8. The van der Waals surface area contributed by atoms with Gasteiger partial charge in [-0.3, -0.25) is 9.59 Å². The molecule has 0 saturated carbocycles. The van der Waals surface area contributed by atoms with Crippen LogP contribution in [-0.4, -0.2) is 24.8 Å². The summed E-state index contributed by atoms with van der Waals surface area (Å²) in [5, 5.41) is 2.29. The average Bonchev–Trinajstić information content (AvgIpc) is 2.56. The third-order valence-corrected chi connectivity index (χ3v) is 3.11. The summed E-state index contributed by atoms with van der Waals surface area (Å²) in [5.74, 6) is -1.89. The van der Waals surface area contributed by atoms with E-state index in [-0.39, 0.29) is 16.3 Å². The maximum Gasteiger partial charge on any atom is 0.338 e. The van der Waals surface area contributed by atoms with Crippen molar-refractivity contribution in [3.63, 3.8) is 0 Å². The van der Waals surface area contributed by atoms with E-state index < -0.39 is 24.3 Å². The van der Waals surface area contributed by atoms with Gasteiger partial charge < -0.3 is 10.1 Å². The van der Waals surface area contributed by atoms with Gasteiger partial charge in [0, 0.05) is 11.3 Å². The van der Waals surface area contributed by atoms with E-state index in [4.69, 9.17) is 16.3 Å². The number of aldehydes is 1. The van der Waals surface area contributed by atoms with Gasteiger partial charge in [-0.15, -0.1) is 0 Å². The zero-order valence-electron chi connectivity index (χ0n) is 11.7. The maximum atomic E-state index is 13.0. The van der Waals surface area contributed by atoms with Gasteiger partial charge in [-0.1, -0.05) is 23.7 Å². The van der Waals surface area contributed by atoms with Crippen molar-refractivity contribution in [1.29, 1.82) is 0 Å². The van der Waals surface area contributed by atoms with Gasteiger partial charge >= 0.3 is 5.97 Å². The van der Waals surface area contributed by atoms with E-state index in [0.29, 0.717) is 11.8 Å². The maximum absolute atomic E-state index is 13.0. The number of anilines is 1. The summed E-state index contributed by atoms with van der Waals surface area (Å²) in [6.45, 7) is -0.511. The van der Waals surface area contributed by atoms with Crippen LogP contribution in [0.5, 0.6) is 0 Å². The lowest BCUT2D eigenvalue weighted by Crippen LogP contribution is -2.21. The quantitative estimate of drug-likeness (QED) is 0.673. The molecule has 0 aromatic heterocycles. The molecular weight excluding hydrogens is 325 g/mol. The van der Waals surface area contributed by atoms with Gasteiger partial charge in [0.2, 0.25) is 0 Å². The van der Waals surface area contributed by atoms with Crippen LogP contribution >= 0.6 is 11.6 Å². The Kier molecular flexibility index (Phi) is 5.43. The fourth-order valence-corrected chi connectivity index (χ4v) is 1.86. The van der Waals surface area contributed by atoms with Crippen LogP contribution in [0.4, 0.5) is 10.1 Å². The lowest BCUT2D eigenvalue weighted by atomic mass is 10.1. The highest BCUT2D eigenvalue weighted by molar-refractivity contribution is 6.31. The summed E-state index contributed by atoms with van der Waals surface area (Å²) in [6, 6.07) is 9.45. The molecule has 2 aromatic carbocycles. The highest BCUT2D eigenvalue weighted by Crippen LogP contribution is 2.19. The smallest absolute Gasteiger partial charge is 0.338 e. The molecule has 118 valence electrons. The minimum Gasteiger partial charge on any atom is -0.452 e. The predicted octanol–water partition coefficient (Wildman–Crippen LogP) is 3.09. The van der Waals surface area contributed by atoms with Crippen LogP contribution in [0.15, 0.2) is 42.5 Å². The molecule has 0 aliphatic heterocycles. The van der Waals surface area contributed by atoms with Gasteiger partial charge in [0.1, 0.15) is 12.1 Å². The van der Waals surface area contributed by atoms with Crippen LogP contribution in [0.1, 0.15) is 20.7 Å².